The van der Waals surface area contributed by atoms with E-state index in [-0.39, 0.29) is 0 Å². The van der Waals surface area contributed by atoms with E-state index in [1.54, 1.807) is 10.9 Å². The Labute approximate surface area is 61.9 Å². The summed E-state index contributed by atoms with van der Waals surface area (Å²) in [7, 11) is 0. The van der Waals surface area contributed by atoms with Gasteiger partial charge < -0.3 is 11.5 Å². The van der Waals surface area contributed by atoms with Crippen LogP contribution in [-0.4, -0.2) is 10.9 Å². The van der Waals surface area contributed by atoms with Crippen LogP contribution in [0, 0.1) is 0 Å². The molecule has 54 valence electrons. The molecular formula is C5H7N3OS. The molecule has 4 N–H and O–H groups in total. The average Bonchev–Trinajstić information content (AvgIpc) is 2.36. The number of aromatic nitrogens is 1. The number of carbonyl (C=O) groups excluding carboxylic acids is 1. The summed E-state index contributed by atoms with van der Waals surface area (Å²) in [5.41, 5.74) is 12.4. The number of hydrogen-bond donors (Lipinski definition) is 2. The first-order valence-electron chi connectivity index (χ1n) is 2.65. The van der Waals surface area contributed by atoms with E-state index in [0.29, 0.717) is 5.69 Å². The molecule has 1 heterocycles. The Morgan fingerprint density at radius 2 is 2.50 bits per heavy atom. The first kappa shape index (κ1) is 7.17. The lowest BCUT2D eigenvalue weighted by molar-refractivity contribution is -0.119. The first-order valence-corrected chi connectivity index (χ1v) is 3.59. The van der Waals surface area contributed by atoms with Crippen molar-refractivity contribution in [1.29, 1.82) is 0 Å². The van der Waals surface area contributed by atoms with Crippen LogP contribution in [0.2, 0.25) is 0 Å². The van der Waals surface area contributed by atoms with E-state index in [0.717, 1.165) is 0 Å². The Morgan fingerprint density at radius 3 is 2.90 bits per heavy atom. The molecule has 0 saturated heterocycles. The molecule has 0 aliphatic rings. The summed E-state index contributed by atoms with van der Waals surface area (Å²) in [6.07, 6.45) is 0. The van der Waals surface area contributed by atoms with Gasteiger partial charge in [-0.3, -0.25) is 4.79 Å². The van der Waals surface area contributed by atoms with Crippen LogP contribution >= 0.6 is 11.3 Å². The molecule has 1 unspecified atom stereocenters. The second kappa shape index (κ2) is 2.76. The first-order chi connectivity index (χ1) is 4.72. The Kier molecular flexibility index (Phi) is 1.98. The van der Waals surface area contributed by atoms with Crippen molar-refractivity contribution in [3.8, 4) is 0 Å². The maximum absolute atomic E-state index is 10.5. The number of thiazole rings is 1. The molecule has 1 rings (SSSR count). The van der Waals surface area contributed by atoms with E-state index in [4.69, 9.17) is 11.5 Å². The fourth-order valence-electron chi connectivity index (χ4n) is 0.521. The second-order valence-corrected chi connectivity index (χ2v) is 2.51. The quantitative estimate of drug-likeness (QED) is 0.614. The number of hydrogen-bond acceptors (Lipinski definition) is 4. The minimum absolute atomic E-state index is 0.539. The normalized spacial score (nSPS) is 12.9. The van der Waals surface area contributed by atoms with Crippen molar-refractivity contribution in [3.05, 3.63) is 16.6 Å². The van der Waals surface area contributed by atoms with Gasteiger partial charge in [-0.2, -0.15) is 0 Å². The summed E-state index contributed by atoms with van der Waals surface area (Å²) in [6, 6.07) is -0.758. The second-order valence-electron chi connectivity index (χ2n) is 1.79. The molecule has 1 amide bonds. The van der Waals surface area contributed by atoms with Gasteiger partial charge in [0.25, 0.3) is 0 Å². The number of carbonyl (C=O) groups is 1. The van der Waals surface area contributed by atoms with Gasteiger partial charge in [-0.05, 0) is 0 Å². The highest BCUT2D eigenvalue weighted by Crippen LogP contribution is 2.08. The minimum Gasteiger partial charge on any atom is -0.368 e. The number of rotatable bonds is 2. The van der Waals surface area contributed by atoms with E-state index in [1.165, 1.54) is 11.3 Å². The molecule has 1 atom stereocenters. The van der Waals surface area contributed by atoms with Crippen LogP contribution in [0.15, 0.2) is 10.9 Å². The van der Waals surface area contributed by atoms with E-state index in [1.807, 2.05) is 0 Å². The Balaban J connectivity index is 2.77. The fourth-order valence-corrected chi connectivity index (χ4v) is 1.11. The molecule has 0 saturated carbocycles. The van der Waals surface area contributed by atoms with Gasteiger partial charge in [-0.25, -0.2) is 4.98 Å². The molecule has 0 aliphatic heterocycles. The summed E-state index contributed by atoms with van der Waals surface area (Å²) in [4.78, 5) is 14.3. The summed E-state index contributed by atoms with van der Waals surface area (Å²) >= 11 is 1.39. The smallest absolute Gasteiger partial charge is 0.240 e. The highest BCUT2D eigenvalue weighted by Gasteiger charge is 2.12. The van der Waals surface area contributed by atoms with Crippen molar-refractivity contribution in [2.75, 3.05) is 0 Å². The van der Waals surface area contributed by atoms with Crippen molar-refractivity contribution in [2.24, 2.45) is 11.5 Å². The maximum Gasteiger partial charge on any atom is 0.240 e. The lowest BCUT2D eigenvalue weighted by atomic mass is 10.2. The van der Waals surface area contributed by atoms with Gasteiger partial charge in [0.2, 0.25) is 5.91 Å². The van der Waals surface area contributed by atoms with Crippen LogP contribution < -0.4 is 11.5 Å². The predicted molar refractivity (Wildman–Crippen MR) is 38.2 cm³/mol. The third kappa shape index (κ3) is 1.31. The van der Waals surface area contributed by atoms with Crippen molar-refractivity contribution in [2.45, 2.75) is 6.04 Å². The van der Waals surface area contributed by atoms with E-state index in [9.17, 15) is 4.79 Å². The SMILES string of the molecule is NC(=O)C(N)c1cscn1. The predicted octanol–water partition coefficient (Wildman–Crippen LogP) is -0.372. The monoisotopic (exact) mass is 157 g/mol. The largest absolute Gasteiger partial charge is 0.368 e. The Bertz CT molecular complexity index is 221. The van der Waals surface area contributed by atoms with E-state index < -0.39 is 11.9 Å². The van der Waals surface area contributed by atoms with Gasteiger partial charge in [0, 0.05) is 5.38 Å². The number of nitrogens with zero attached hydrogens (tertiary/aromatic N) is 1. The molecule has 0 aliphatic carbocycles. The lowest BCUT2D eigenvalue weighted by Gasteiger charge is -2.00. The molecule has 10 heavy (non-hydrogen) atoms. The zero-order valence-corrected chi connectivity index (χ0v) is 5.97. The topological polar surface area (TPSA) is 82.0 Å². The van der Waals surface area contributed by atoms with Gasteiger partial charge in [0.05, 0.1) is 11.2 Å². The fraction of sp³-hybridized carbons (Fsp3) is 0.200. The molecule has 0 spiro atoms. The zero-order valence-electron chi connectivity index (χ0n) is 5.15. The van der Waals surface area contributed by atoms with Crippen LogP contribution in [0.4, 0.5) is 0 Å². The number of primary amides is 1. The summed E-state index contributed by atoms with van der Waals surface area (Å²) in [5, 5.41) is 1.70. The standard InChI is InChI=1S/C5H7N3OS/c6-4(5(7)9)3-1-10-2-8-3/h1-2,4H,6H2,(H2,7,9). The average molecular weight is 157 g/mol. The van der Waals surface area contributed by atoms with Crippen molar-refractivity contribution < 1.29 is 4.79 Å². The zero-order chi connectivity index (χ0) is 7.56. The Morgan fingerprint density at radius 1 is 1.80 bits per heavy atom. The van der Waals surface area contributed by atoms with Gasteiger partial charge in [-0.1, -0.05) is 0 Å². The summed E-state index contributed by atoms with van der Waals surface area (Å²) in [5.74, 6) is -0.550. The number of amides is 1. The molecule has 5 heteroatoms. The van der Waals surface area contributed by atoms with Crippen LogP contribution in [0.25, 0.3) is 0 Å². The molecule has 1 aromatic rings. The van der Waals surface area contributed by atoms with Gasteiger partial charge >= 0.3 is 0 Å². The maximum atomic E-state index is 10.5. The summed E-state index contributed by atoms with van der Waals surface area (Å²) in [6.45, 7) is 0. The summed E-state index contributed by atoms with van der Waals surface area (Å²) < 4.78 is 0. The highest BCUT2D eigenvalue weighted by molar-refractivity contribution is 7.07. The van der Waals surface area contributed by atoms with E-state index in [2.05, 4.69) is 4.98 Å². The lowest BCUT2D eigenvalue weighted by Crippen LogP contribution is -2.28. The van der Waals surface area contributed by atoms with Crippen molar-refractivity contribution >= 4 is 17.2 Å². The highest BCUT2D eigenvalue weighted by atomic mass is 32.1. The molecule has 0 fully saturated rings. The van der Waals surface area contributed by atoms with Crippen LogP contribution in [-0.2, 0) is 4.79 Å². The van der Waals surface area contributed by atoms with Gasteiger partial charge in [0.1, 0.15) is 6.04 Å². The molecule has 0 bridgehead atoms. The molecule has 4 nitrogen and oxygen atoms in total. The third-order valence-corrected chi connectivity index (χ3v) is 1.68. The van der Waals surface area contributed by atoms with Crippen molar-refractivity contribution in [3.63, 3.8) is 0 Å². The van der Waals surface area contributed by atoms with Crippen LogP contribution in [0.3, 0.4) is 0 Å². The van der Waals surface area contributed by atoms with E-state index >= 15 is 0 Å². The Hall–Kier alpha value is -0.940. The van der Waals surface area contributed by atoms with Gasteiger partial charge in [0.15, 0.2) is 0 Å². The molecule has 0 radical (unpaired) electrons. The van der Waals surface area contributed by atoms with Crippen molar-refractivity contribution in [1.82, 2.24) is 4.98 Å². The number of nitrogens with two attached hydrogens (primary N) is 2. The molecular weight excluding hydrogens is 150 g/mol. The van der Waals surface area contributed by atoms with Crippen LogP contribution in [0.5, 0.6) is 0 Å². The van der Waals surface area contributed by atoms with Crippen LogP contribution in [0.1, 0.15) is 11.7 Å². The molecule has 0 aromatic carbocycles. The minimum atomic E-state index is -0.758. The third-order valence-electron chi connectivity index (χ3n) is 1.08. The van der Waals surface area contributed by atoms with Gasteiger partial charge in [-0.15, -0.1) is 11.3 Å². The molecule has 1 aromatic heterocycles.